The first-order valence-electron chi connectivity index (χ1n) is 9.78. The van der Waals surface area contributed by atoms with Crippen LogP contribution in [0.15, 0.2) is 29.3 Å². The van der Waals surface area contributed by atoms with Gasteiger partial charge in [0, 0.05) is 12.0 Å². The lowest BCUT2D eigenvalue weighted by molar-refractivity contribution is 0.0412. The predicted molar refractivity (Wildman–Crippen MR) is 115 cm³/mol. The first-order valence-corrected chi connectivity index (χ1v) is 9.78. The zero-order valence-corrected chi connectivity index (χ0v) is 17.5. The fourth-order valence-electron chi connectivity index (χ4n) is 3.64. The number of fused-ring (bicyclic) bond motifs is 1. The maximum absolute atomic E-state index is 10.3. The number of guanidine groups is 1. The number of benzene rings is 2. The number of phenolic OH excluding ortho intramolecular Hbond substituents is 1. The lowest BCUT2D eigenvalue weighted by Gasteiger charge is -2.38. The summed E-state index contributed by atoms with van der Waals surface area (Å²) in [5, 5.41) is 10.3. The van der Waals surface area contributed by atoms with E-state index in [1.54, 1.807) is 0 Å². The minimum absolute atomic E-state index is 0.149. The van der Waals surface area contributed by atoms with Crippen molar-refractivity contribution in [2.24, 2.45) is 16.6 Å². The molecule has 0 radical (unpaired) electrons. The number of phenols is 1. The molecule has 1 heterocycles. The maximum Gasteiger partial charge on any atom is 0.208 e. The van der Waals surface area contributed by atoms with Crippen LogP contribution >= 0.6 is 0 Å². The molecule has 156 valence electrons. The Morgan fingerprint density at radius 1 is 1.21 bits per heavy atom. The molecule has 2 aromatic rings. The van der Waals surface area contributed by atoms with E-state index >= 15 is 0 Å². The van der Waals surface area contributed by atoms with Crippen LogP contribution < -0.4 is 26.5 Å². The van der Waals surface area contributed by atoms with Crippen molar-refractivity contribution in [1.82, 2.24) is 5.43 Å². The number of nitrogens with zero attached hydrogens (tertiary/aromatic N) is 1. The van der Waals surface area contributed by atoms with Crippen LogP contribution in [0.1, 0.15) is 42.0 Å². The van der Waals surface area contributed by atoms with Crippen molar-refractivity contribution in [2.75, 3.05) is 6.61 Å². The Morgan fingerprint density at radius 3 is 2.55 bits per heavy atom. The molecule has 29 heavy (non-hydrogen) atoms. The van der Waals surface area contributed by atoms with Crippen molar-refractivity contribution < 1.29 is 14.6 Å². The molecule has 0 bridgehead atoms. The van der Waals surface area contributed by atoms with Gasteiger partial charge in [-0.25, -0.2) is 10.8 Å². The van der Waals surface area contributed by atoms with Crippen LogP contribution in [0.2, 0.25) is 0 Å². The van der Waals surface area contributed by atoms with Gasteiger partial charge in [0.2, 0.25) is 5.96 Å². The molecule has 3 rings (SSSR count). The molecule has 0 aliphatic carbocycles. The number of rotatable bonds is 5. The van der Waals surface area contributed by atoms with Gasteiger partial charge >= 0.3 is 0 Å². The van der Waals surface area contributed by atoms with Crippen LogP contribution in [0.4, 0.5) is 5.69 Å². The lowest BCUT2D eigenvalue weighted by atomic mass is 9.86. The summed E-state index contributed by atoms with van der Waals surface area (Å²) in [4.78, 5) is 4.10. The number of hydrogen-bond donors (Lipinski definition) is 4. The number of hydrazine groups is 1. The summed E-state index contributed by atoms with van der Waals surface area (Å²) in [5.41, 5.74) is 12.2. The fourth-order valence-corrected chi connectivity index (χ4v) is 3.64. The van der Waals surface area contributed by atoms with E-state index in [4.69, 9.17) is 21.1 Å². The van der Waals surface area contributed by atoms with Gasteiger partial charge in [0.05, 0.1) is 12.3 Å². The number of aromatic hydroxyl groups is 1. The Kier molecular flexibility index (Phi) is 5.88. The van der Waals surface area contributed by atoms with Crippen molar-refractivity contribution in [2.45, 2.75) is 52.6 Å². The van der Waals surface area contributed by atoms with Gasteiger partial charge in [-0.3, -0.25) is 5.43 Å². The van der Waals surface area contributed by atoms with Crippen molar-refractivity contribution in [3.63, 3.8) is 0 Å². The number of hydrogen-bond acceptors (Lipinski definition) is 5. The molecule has 7 heteroatoms. The smallest absolute Gasteiger partial charge is 0.208 e. The molecule has 1 aliphatic rings. The van der Waals surface area contributed by atoms with Crippen molar-refractivity contribution in [1.29, 1.82) is 0 Å². The quantitative estimate of drug-likeness (QED) is 0.266. The minimum Gasteiger partial charge on any atom is -0.507 e. The molecule has 0 saturated heterocycles. The largest absolute Gasteiger partial charge is 0.507 e. The molecular formula is C22H30N4O3. The fraction of sp³-hybridized carbons (Fsp3) is 0.409. The third kappa shape index (κ3) is 4.40. The molecule has 1 unspecified atom stereocenters. The molecule has 0 fully saturated rings. The molecule has 0 spiro atoms. The van der Waals surface area contributed by atoms with E-state index in [-0.39, 0.29) is 11.6 Å². The van der Waals surface area contributed by atoms with Gasteiger partial charge in [-0.15, -0.1) is 0 Å². The molecule has 1 aliphatic heterocycles. The number of ether oxygens (including phenoxy) is 2. The Labute approximate surface area is 171 Å². The second-order valence-electron chi connectivity index (χ2n) is 7.82. The summed E-state index contributed by atoms with van der Waals surface area (Å²) in [6, 6.07) is 7.33. The molecule has 0 aromatic heterocycles. The van der Waals surface area contributed by atoms with E-state index in [9.17, 15) is 5.11 Å². The average molecular weight is 399 g/mol. The molecule has 0 saturated carbocycles. The Hall–Kier alpha value is -2.93. The zero-order chi connectivity index (χ0) is 21.2. The summed E-state index contributed by atoms with van der Waals surface area (Å²) >= 11 is 0. The highest BCUT2D eigenvalue weighted by Gasteiger charge is 2.34. The van der Waals surface area contributed by atoms with Gasteiger partial charge < -0.3 is 20.3 Å². The summed E-state index contributed by atoms with van der Waals surface area (Å²) in [5.74, 6) is 7.42. The van der Waals surface area contributed by atoms with Gasteiger partial charge in [-0.2, -0.15) is 0 Å². The molecular weight excluding hydrogens is 368 g/mol. The number of aliphatic imine (C=N–C) groups is 1. The van der Waals surface area contributed by atoms with E-state index in [1.165, 1.54) is 0 Å². The predicted octanol–water partition coefficient (Wildman–Crippen LogP) is 3.28. The molecule has 1 atom stereocenters. The first-order chi connectivity index (χ1) is 13.7. The minimum atomic E-state index is -0.306. The molecule has 0 amide bonds. The third-order valence-corrected chi connectivity index (χ3v) is 5.73. The van der Waals surface area contributed by atoms with Crippen LogP contribution in [0, 0.1) is 20.8 Å². The van der Waals surface area contributed by atoms with Gasteiger partial charge in [-0.05, 0) is 81.5 Å². The topological polar surface area (TPSA) is 115 Å². The summed E-state index contributed by atoms with van der Waals surface area (Å²) in [6.45, 7) is 8.56. The Balaban J connectivity index is 1.64. The highest BCUT2D eigenvalue weighted by atomic mass is 16.5. The van der Waals surface area contributed by atoms with Crippen LogP contribution in [-0.4, -0.2) is 23.3 Å². The summed E-state index contributed by atoms with van der Waals surface area (Å²) in [7, 11) is 0. The summed E-state index contributed by atoms with van der Waals surface area (Å²) < 4.78 is 12.3. The lowest BCUT2D eigenvalue weighted by Crippen LogP contribution is -2.38. The van der Waals surface area contributed by atoms with E-state index in [0.29, 0.717) is 18.0 Å². The van der Waals surface area contributed by atoms with Crippen LogP contribution in [0.25, 0.3) is 0 Å². The highest BCUT2D eigenvalue weighted by molar-refractivity contribution is 5.80. The van der Waals surface area contributed by atoms with Gasteiger partial charge in [0.1, 0.15) is 22.8 Å². The van der Waals surface area contributed by atoms with Crippen LogP contribution in [0.5, 0.6) is 17.2 Å². The SMILES string of the molecule is Cc1c(C)c2c(c(C)c1O)CCC(C)(CCOc1ccc(N=C(N)NN)cc1)O2. The van der Waals surface area contributed by atoms with Crippen molar-refractivity contribution in [3.05, 3.63) is 46.5 Å². The van der Waals surface area contributed by atoms with Gasteiger partial charge in [0.15, 0.2) is 0 Å². The monoisotopic (exact) mass is 398 g/mol. The average Bonchev–Trinajstić information content (AvgIpc) is 2.71. The highest BCUT2D eigenvalue weighted by Crippen LogP contribution is 2.44. The second-order valence-corrected chi connectivity index (χ2v) is 7.82. The zero-order valence-electron chi connectivity index (χ0n) is 17.5. The number of nitrogens with one attached hydrogen (secondary N) is 1. The van der Waals surface area contributed by atoms with Crippen LogP contribution in [-0.2, 0) is 6.42 Å². The number of nitrogens with two attached hydrogens (primary N) is 2. The van der Waals surface area contributed by atoms with Crippen molar-refractivity contribution >= 4 is 11.6 Å². The van der Waals surface area contributed by atoms with Crippen molar-refractivity contribution in [3.8, 4) is 17.2 Å². The van der Waals surface area contributed by atoms with E-state index < -0.39 is 0 Å². The van der Waals surface area contributed by atoms with Gasteiger partial charge in [-0.1, -0.05) is 0 Å². The maximum atomic E-state index is 10.3. The second kappa shape index (κ2) is 8.21. The van der Waals surface area contributed by atoms with E-state index in [2.05, 4.69) is 17.3 Å². The third-order valence-electron chi connectivity index (χ3n) is 5.73. The van der Waals surface area contributed by atoms with Crippen LogP contribution in [0.3, 0.4) is 0 Å². The van der Waals surface area contributed by atoms with E-state index in [0.717, 1.165) is 53.0 Å². The summed E-state index contributed by atoms with van der Waals surface area (Å²) in [6.07, 6.45) is 2.52. The van der Waals surface area contributed by atoms with Gasteiger partial charge in [0.25, 0.3) is 0 Å². The molecule has 6 N–H and O–H groups in total. The molecule has 2 aromatic carbocycles. The molecule has 7 nitrogen and oxygen atoms in total. The standard InChI is InChI=1S/C22H30N4O3/c1-13-14(2)20-18(15(3)19(13)27)9-10-22(4,29-20)11-12-28-17-7-5-16(6-8-17)25-21(23)26-24/h5-8,27H,9-12,24H2,1-4H3,(H3,23,25,26). The Bertz CT molecular complexity index is 925. The Morgan fingerprint density at radius 2 is 1.90 bits per heavy atom. The first kappa shape index (κ1) is 20.8. The normalized spacial score (nSPS) is 18.7. The van der Waals surface area contributed by atoms with E-state index in [1.807, 2.05) is 45.0 Å².